The van der Waals surface area contributed by atoms with Gasteiger partial charge in [0.15, 0.2) is 0 Å². The van der Waals surface area contributed by atoms with E-state index in [1.807, 2.05) is 0 Å². The van der Waals surface area contributed by atoms with Gasteiger partial charge in [-0.1, -0.05) is 26.2 Å². The molecule has 0 aromatic rings. The van der Waals surface area contributed by atoms with Gasteiger partial charge in [-0.3, -0.25) is 0 Å². The predicted octanol–water partition coefficient (Wildman–Crippen LogP) is 2.95. The van der Waals surface area contributed by atoms with E-state index in [0.29, 0.717) is 0 Å². The van der Waals surface area contributed by atoms with Gasteiger partial charge in [-0.15, -0.1) is 0 Å². The zero-order valence-electron chi connectivity index (χ0n) is 8.89. The van der Waals surface area contributed by atoms with Crippen LogP contribution in [-0.4, -0.2) is 12.6 Å². The van der Waals surface area contributed by atoms with Crippen LogP contribution in [0.3, 0.4) is 0 Å². The normalized spacial score (nSPS) is 40.8. The molecule has 0 spiro atoms. The largest absolute Gasteiger partial charge is 0.314 e. The summed E-state index contributed by atoms with van der Waals surface area (Å²) in [5, 5.41) is 3.66. The Balaban J connectivity index is 1.77. The first-order valence-electron chi connectivity index (χ1n) is 6.13. The van der Waals surface area contributed by atoms with Crippen LogP contribution >= 0.6 is 0 Å². The highest BCUT2D eigenvalue weighted by atomic mass is 14.9. The highest BCUT2D eigenvalue weighted by molar-refractivity contribution is 4.84. The average molecular weight is 181 g/mol. The molecule has 1 aliphatic carbocycles. The summed E-state index contributed by atoms with van der Waals surface area (Å²) in [6.07, 6.45) is 10.3. The minimum Gasteiger partial charge on any atom is -0.314 e. The Morgan fingerprint density at radius 3 is 2.38 bits per heavy atom. The van der Waals surface area contributed by atoms with E-state index in [-0.39, 0.29) is 0 Å². The lowest BCUT2D eigenvalue weighted by Crippen LogP contribution is -2.33. The van der Waals surface area contributed by atoms with Crippen molar-refractivity contribution in [1.29, 1.82) is 0 Å². The third kappa shape index (κ3) is 2.25. The molecule has 2 fully saturated rings. The number of nitrogens with one attached hydrogen (secondary N) is 1. The van der Waals surface area contributed by atoms with E-state index in [4.69, 9.17) is 0 Å². The molecule has 2 rings (SSSR count). The van der Waals surface area contributed by atoms with E-state index < -0.39 is 0 Å². The Morgan fingerprint density at radius 1 is 1.08 bits per heavy atom. The van der Waals surface area contributed by atoms with Crippen LogP contribution in [0.4, 0.5) is 0 Å². The highest BCUT2D eigenvalue weighted by Gasteiger charge is 2.28. The predicted molar refractivity (Wildman–Crippen MR) is 56.8 cm³/mol. The third-order valence-electron chi connectivity index (χ3n) is 4.14. The summed E-state index contributed by atoms with van der Waals surface area (Å²) < 4.78 is 0. The van der Waals surface area contributed by atoms with Gasteiger partial charge in [0.25, 0.3) is 0 Å². The van der Waals surface area contributed by atoms with Crippen molar-refractivity contribution in [3.8, 4) is 0 Å². The molecule has 13 heavy (non-hydrogen) atoms. The van der Waals surface area contributed by atoms with Crippen LogP contribution < -0.4 is 5.32 Å². The Kier molecular flexibility index (Phi) is 3.26. The highest BCUT2D eigenvalue weighted by Crippen LogP contribution is 2.34. The second-order valence-electron chi connectivity index (χ2n) is 4.89. The monoisotopic (exact) mass is 181 g/mol. The van der Waals surface area contributed by atoms with Gasteiger partial charge in [-0.25, -0.2) is 0 Å². The first-order valence-corrected chi connectivity index (χ1v) is 6.13. The van der Waals surface area contributed by atoms with Gasteiger partial charge in [-0.05, 0) is 44.1 Å². The fourth-order valence-electron chi connectivity index (χ4n) is 3.11. The topological polar surface area (TPSA) is 12.0 Å². The molecule has 1 heterocycles. The van der Waals surface area contributed by atoms with Gasteiger partial charge in [0.2, 0.25) is 0 Å². The second kappa shape index (κ2) is 4.45. The first-order chi connectivity index (χ1) is 6.40. The maximum Gasteiger partial charge on any atom is 0.00958 e. The van der Waals surface area contributed by atoms with Crippen molar-refractivity contribution < 1.29 is 0 Å². The van der Waals surface area contributed by atoms with Crippen LogP contribution in [0.25, 0.3) is 0 Å². The maximum atomic E-state index is 3.66. The summed E-state index contributed by atoms with van der Waals surface area (Å²) in [7, 11) is 0. The number of rotatable bonds is 2. The van der Waals surface area contributed by atoms with Crippen LogP contribution in [0.15, 0.2) is 0 Å². The molecule has 0 bridgehead atoms. The molecule has 0 aromatic heterocycles. The van der Waals surface area contributed by atoms with Crippen molar-refractivity contribution in [3.05, 3.63) is 0 Å². The molecular weight excluding hydrogens is 158 g/mol. The summed E-state index contributed by atoms with van der Waals surface area (Å²) in [5.74, 6) is 2.07. The molecule has 76 valence electrons. The van der Waals surface area contributed by atoms with E-state index in [9.17, 15) is 0 Å². The Morgan fingerprint density at radius 2 is 1.85 bits per heavy atom. The van der Waals surface area contributed by atoms with Crippen molar-refractivity contribution in [2.45, 2.75) is 57.9 Å². The smallest absolute Gasteiger partial charge is 0.00958 e. The molecule has 1 aliphatic heterocycles. The van der Waals surface area contributed by atoms with E-state index in [2.05, 4.69) is 12.2 Å². The number of hydrogen-bond acceptors (Lipinski definition) is 1. The summed E-state index contributed by atoms with van der Waals surface area (Å²) in [5.41, 5.74) is 0. The standard InChI is InChI=1S/C12H23N/c1-2-10-5-7-11(8-6-10)12-4-3-9-13-12/h10-13H,2-9H2,1H3. The van der Waals surface area contributed by atoms with Gasteiger partial charge < -0.3 is 5.32 Å². The molecule has 1 heteroatoms. The van der Waals surface area contributed by atoms with E-state index >= 15 is 0 Å². The Labute approximate surface area is 82.3 Å². The van der Waals surface area contributed by atoms with Crippen LogP contribution in [0, 0.1) is 11.8 Å². The van der Waals surface area contributed by atoms with Crippen molar-refractivity contribution in [2.24, 2.45) is 11.8 Å². The van der Waals surface area contributed by atoms with Crippen LogP contribution in [0.2, 0.25) is 0 Å². The Bertz CT molecular complexity index is 141. The van der Waals surface area contributed by atoms with Crippen molar-refractivity contribution >= 4 is 0 Å². The van der Waals surface area contributed by atoms with E-state index in [0.717, 1.165) is 17.9 Å². The van der Waals surface area contributed by atoms with Crippen molar-refractivity contribution in [2.75, 3.05) is 6.54 Å². The molecular formula is C12H23N. The molecule has 0 amide bonds. The van der Waals surface area contributed by atoms with Crippen molar-refractivity contribution in [3.63, 3.8) is 0 Å². The van der Waals surface area contributed by atoms with Crippen molar-refractivity contribution in [1.82, 2.24) is 5.32 Å². The third-order valence-corrected chi connectivity index (χ3v) is 4.14. The minimum absolute atomic E-state index is 0.887. The molecule has 0 radical (unpaired) electrons. The maximum absolute atomic E-state index is 3.66. The summed E-state index contributed by atoms with van der Waals surface area (Å²) in [6.45, 7) is 3.62. The van der Waals surface area contributed by atoms with Gasteiger partial charge in [0.1, 0.15) is 0 Å². The van der Waals surface area contributed by atoms with E-state index in [1.54, 1.807) is 0 Å². The molecule has 0 aromatic carbocycles. The lowest BCUT2D eigenvalue weighted by molar-refractivity contribution is 0.228. The van der Waals surface area contributed by atoms with Gasteiger partial charge in [0, 0.05) is 6.04 Å². The molecule has 1 nitrogen and oxygen atoms in total. The quantitative estimate of drug-likeness (QED) is 0.690. The second-order valence-corrected chi connectivity index (χ2v) is 4.89. The SMILES string of the molecule is CCC1CCC(C2CCCN2)CC1. The first kappa shape index (κ1) is 9.51. The molecule has 2 aliphatic rings. The lowest BCUT2D eigenvalue weighted by Gasteiger charge is -2.31. The molecule has 1 saturated heterocycles. The molecule has 1 N–H and O–H groups in total. The average Bonchev–Trinajstić information content (AvgIpc) is 2.71. The summed E-state index contributed by atoms with van der Waals surface area (Å²) in [4.78, 5) is 0. The molecule has 1 saturated carbocycles. The van der Waals surface area contributed by atoms with Crippen LogP contribution in [0.5, 0.6) is 0 Å². The van der Waals surface area contributed by atoms with Crippen LogP contribution in [0.1, 0.15) is 51.9 Å². The Hall–Kier alpha value is -0.0400. The summed E-state index contributed by atoms with van der Waals surface area (Å²) in [6, 6.07) is 0.887. The zero-order chi connectivity index (χ0) is 9.10. The minimum atomic E-state index is 0.887. The number of hydrogen-bond donors (Lipinski definition) is 1. The van der Waals surface area contributed by atoms with Gasteiger partial charge in [-0.2, -0.15) is 0 Å². The van der Waals surface area contributed by atoms with Gasteiger partial charge in [0.05, 0.1) is 0 Å². The fourth-order valence-corrected chi connectivity index (χ4v) is 3.11. The lowest BCUT2D eigenvalue weighted by atomic mass is 9.77. The van der Waals surface area contributed by atoms with Gasteiger partial charge >= 0.3 is 0 Å². The zero-order valence-corrected chi connectivity index (χ0v) is 8.89. The van der Waals surface area contributed by atoms with E-state index in [1.165, 1.54) is 51.5 Å². The summed E-state index contributed by atoms with van der Waals surface area (Å²) >= 11 is 0. The fraction of sp³-hybridized carbons (Fsp3) is 1.00. The molecule has 1 atom stereocenters. The van der Waals surface area contributed by atoms with Crippen LogP contribution in [-0.2, 0) is 0 Å². The molecule has 1 unspecified atom stereocenters.